The fourth-order valence-corrected chi connectivity index (χ4v) is 2.04. The number of rotatable bonds is 10. The van der Waals surface area contributed by atoms with Crippen molar-refractivity contribution in [2.45, 2.75) is 38.6 Å². The predicted molar refractivity (Wildman–Crippen MR) is 68.4 cm³/mol. The molecule has 1 N–H and O–H groups in total. The molecule has 0 atom stereocenters. The predicted octanol–water partition coefficient (Wildman–Crippen LogP) is 0.803. The van der Waals surface area contributed by atoms with Crippen molar-refractivity contribution in [2.24, 2.45) is 0 Å². The van der Waals surface area contributed by atoms with Gasteiger partial charge in [-0.3, -0.25) is 4.90 Å². The maximum Gasteiger partial charge on any atom is 0.332 e. The Labute approximate surface area is 109 Å². The third-order valence-corrected chi connectivity index (χ3v) is 3.24. The molecule has 1 saturated carbocycles. The van der Waals surface area contributed by atoms with E-state index in [0.29, 0.717) is 19.3 Å². The first-order valence-electron chi connectivity index (χ1n) is 6.86. The topological polar surface area (TPSA) is 59.0 Å². The number of hydrogen-bond donors (Lipinski definition) is 1. The molecule has 0 aromatic carbocycles. The normalized spacial score (nSPS) is 15.7. The van der Waals surface area contributed by atoms with Gasteiger partial charge in [-0.05, 0) is 26.2 Å². The molecule has 1 aliphatic rings. The van der Waals surface area contributed by atoms with Gasteiger partial charge in [0.15, 0.2) is 0 Å². The second kappa shape index (κ2) is 9.30. The zero-order valence-electron chi connectivity index (χ0n) is 11.3. The van der Waals surface area contributed by atoms with Crippen LogP contribution in [0.25, 0.3) is 0 Å². The van der Waals surface area contributed by atoms with E-state index in [-0.39, 0.29) is 19.2 Å². The maximum atomic E-state index is 11.1. The van der Waals surface area contributed by atoms with Crippen LogP contribution >= 0.6 is 0 Å². The van der Waals surface area contributed by atoms with Gasteiger partial charge in [0, 0.05) is 25.7 Å². The monoisotopic (exact) mass is 259 g/mol. The van der Waals surface area contributed by atoms with Crippen LogP contribution in [0.2, 0.25) is 0 Å². The van der Waals surface area contributed by atoms with Crippen LogP contribution in [0.1, 0.15) is 32.6 Å². The Kier molecular flexibility index (Phi) is 7.96. The van der Waals surface area contributed by atoms with E-state index in [1.54, 1.807) is 6.92 Å². The van der Waals surface area contributed by atoms with Gasteiger partial charge >= 0.3 is 5.97 Å². The number of aliphatic hydroxyl groups is 1. The number of ether oxygens (including phenoxy) is 2. The zero-order chi connectivity index (χ0) is 13.2. The molecule has 1 rings (SSSR count). The van der Waals surface area contributed by atoms with Crippen LogP contribution < -0.4 is 0 Å². The summed E-state index contributed by atoms with van der Waals surface area (Å²) in [7, 11) is 0. The molecule has 0 aromatic rings. The highest BCUT2D eigenvalue weighted by Gasteiger charge is 2.24. The number of carbonyl (C=O) groups is 1. The van der Waals surface area contributed by atoms with Crippen LogP contribution in [0.15, 0.2) is 0 Å². The molecule has 0 unspecified atom stereocenters. The number of hydrogen-bond acceptors (Lipinski definition) is 5. The highest BCUT2D eigenvalue weighted by molar-refractivity contribution is 5.70. The fourth-order valence-electron chi connectivity index (χ4n) is 2.04. The van der Waals surface area contributed by atoms with Crippen LogP contribution in [0.4, 0.5) is 0 Å². The molecule has 106 valence electrons. The van der Waals surface area contributed by atoms with E-state index in [0.717, 1.165) is 19.5 Å². The lowest BCUT2D eigenvalue weighted by atomic mass is 9.91. The van der Waals surface area contributed by atoms with Gasteiger partial charge < -0.3 is 14.6 Å². The molecule has 0 heterocycles. The van der Waals surface area contributed by atoms with Gasteiger partial charge in [0.25, 0.3) is 0 Å². The number of carbonyl (C=O) groups excluding carboxylic acids is 1. The van der Waals surface area contributed by atoms with Gasteiger partial charge in [-0.25, -0.2) is 4.79 Å². The SMILES string of the molecule is CCOC(=O)COCCN(CCCO)C1CCC1. The van der Waals surface area contributed by atoms with E-state index in [2.05, 4.69) is 4.90 Å². The number of nitrogens with zero attached hydrogens (tertiary/aromatic N) is 1. The highest BCUT2D eigenvalue weighted by atomic mass is 16.6. The van der Waals surface area contributed by atoms with Crippen LogP contribution in [0.5, 0.6) is 0 Å². The maximum absolute atomic E-state index is 11.1. The van der Waals surface area contributed by atoms with Gasteiger partial charge in [0.05, 0.1) is 13.2 Å². The first-order valence-corrected chi connectivity index (χ1v) is 6.86. The van der Waals surface area contributed by atoms with Gasteiger partial charge in [0.2, 0.25) is 0 Å². The van der Waals surface area contributed by atoms with Crippen molar-refractivity contribution in [3.05, 3.63) is 0 Å². The highest BCUT2D eigenvalue weighted by Crippen LogP contribution is 2.24. The van der Waals surface area contributed by atoms with Crippen molar-refractivity contribution in [3.8, 4) is 0 Å². The van der Waals surface area contributed by atoms with E-state index in [1.807, 2.05) is 0 Å². The van der Waals surface area contributed by atoms with Crippen molar-refractivity contribution in [3.63, 3.8) is 0 Å². The Balaban J connectivity index is 2.10. The average molecular weight is 259 g/mol. The fraction of sp³-hybridized carbons (Fsp3) is 0.923. The molecule has 0 amide bonds. The zero-order valence-corrected chi connectivity index (χ0v) is 11.3. The van der Waals surface area contributed by atoms with Crippen molar-refractivity contribution >= 4 is 5.97 Å². The largest absolute Gasteiger partial charge is 0.464 e. The van der Waals surface area contributed by atoms with Crippen molar-refractivity contribution in [1.29, 1.82) is 0 Å². The molecule has 18 heavy (non-hydrogen) atoms. The molecular formula is C13H25NO4. The van der Waals surface area contributed by atoms with Gasteiger partial charge in [-0.15, -0.1) is 0 Å². The molecule has 0 aliphatic heterocycles. The summed E-state index contributed by atoms with van der Waals surface area (Å²) in [6.07, 6.45) is 4.57. The minimum Gasteiger partial charge on any atom is -0.464 e. The lowest BCUT2D eigenvalue weighted by molar-refractivity contribution is -0.148. The summed E-state index contributed by atoms with van der Waals surface area (Å²) < 4.78 is 10.1. The second-order valence-electron chi connectivity index (χ2n) is 4.56. The molecule has 5 nitrogen and oxygen atoms in total. The number of esters is 1. The molecule has 1 fully saturated rings. The Bertz CT molecular complexity index is 231. The average Bonchev–Trinajstić information content (AvgIpc) is 2.29. The summed E-state index contributed by atoms with van der Waals surface area (Å²) in [5.74, 6) is -0.303. The Morgan fingerprint density at radius 2 is 2.17 bits per heavy atom. The van der Waals surface area contributed by atoms with Gasteiger partial charge in [-0.1, -0.05) is 6.42 Å². The molecule has 0 bridgehead atoms. The van der Waals surface area contributed by atoms with Gasteiger partial charge in [0.1, 0.15) is 6.61 Å². The van der Waals surface area contributed by atoms with Crippen LogP contribution in [0, 0.1) is 0 Å². The Hall–Kier alpha value is -0.650. The van der Waals surface area contributed by atoms with Crippen molar-refractivity contribution in [2.75, 3.05) is 39.5 Å². The number of aliphatic hydroxyl groups excluding tert-OH is 1. The first kappa shape index (κ1) is 15.4. The molecule has 0 radical (unpaired) electrons. The summed E-state index contributed by atoms with van der Waals surface area (Å²) in [5.41, 5.74) is 0. The Morgan fingerprint density at radius 1 is 1.39 bits per heavy atom. The summed E-state index contributed by atoms with van der Waals surface area (Å²) in [6.45, 7) is 4.71. The third kappa shape index (κ3) is 5.80. The third-order valence-electron chi connectivity index (χ3n) is 3.24. The quantitative estimate of drug-likeness (QED) is 0.464. The molecule has 0 aromatic heterocycles. The van der Waals surface area contributed by atoms with Crippen LogP contribution in [-0.4, -0.2) is 61.5 Å². The van der Waals surface area contributed by atoms with Crippen LogP contribution in [0.3, 0.4) is 0 Å². The molecule has 0 saturated heterocycles. The first-order chi connectivity index (χ1) is 8.77. The van der Waals surface area contributed by atoms with E-state index in [9.17, 15) is 4.79 Å². The van der Waals surface area contributed by atoms with Crippen molar-refractivity contribution < 1.29 is 19.4 Å². The summed E-state index contributed by atoms with van der Waals surface area (Å²) in [5, 5.41) is 8.87. The Morgan fingerprint density at radius 3 is 2.72 bits per heavy atom. The second-order valence-corrected chi connectivity index (χ2v) is 4.56. The molecular weight excluding hydrogens is 234 g/mol. The summed E-state index contributed by atoms with van der Waals surface area (Å²) >= 11 is 0. The van der Waals surface area contributed by atoms with Crippen LogP contribution in [-0.2, 0) is 14.3 Å². The van der Waals surface area contributed by atoms with Crippen molar-refractivity contribution in [1.82, 2.24) is 4.90 Å². The summed E-state index contributed by atoms with van der Waals surface area (Å²) in [4.78, 5) is 13.4. The lowest BCUT2D eigenvalue weighted by Gasteiger charge is -2.37. The van der Waals surface area contributed by atoms with Gasteiger partial charge in [-0.2, -0.15) is 0 Å². The summed E-state index contributed by atoms with van der Waals surface area (Å²) in [6, 6.07) is 0.641. The standard InChI is InChI=1S/C13H25NO4/c1-2-18-13(16)11-17-10-8-14(7-4-9-15)12-5-3-6-12/h12,15H,2-11H2,1H3. The minimum atomic E-state index is -0.303. The molecule has 0 spiro atoms. The molecule has 1 aliphatic carbocycles. The minimum absolute atomic E-state index is 0.0341. The molecule has 5 heteroatoms. The van der Waals surface area contributed by atoms with E-state index in [4.69, 9.17) is 14.6 Å². The van der Waals surface area contributed by atoms with E-state index < -0.39 is 0 Å². The smallest absolute Gasteiger partial charge is 0.332 e. The lowest BCUT2D eigenvalue weighted by Crippen LogP contribution is -2.42. The van der Waals surface area contributed by atoms with E-state index >= 15 is 0 Å². The van der Waals surface area contributed by atoms with E-state index in [1.165, 1.54) is 19.3 Å².